The highest BCUT2D eigenvalue weighted by molar-refractivity contribution is 5.80. The molecule has 0 bridgehead atoms. The summed E-state index contributed by atoms with van der Waals surface area (Å²) in [5.74, 6) is 0.864. The van der Waals surface area contributed by atoms with Gasteiger partial charge in [0, 0.05) is 45.4 Å². The molecule has 1 aliphatic heterocycles. The molecule has 0 aromatic heterocycles. The van der Waals surface area contributed by atoms with Crippen molar-refractivity contribution in [2.45, 2.75) is 52.5 Å². The first-order valence-electron chi connectivity index (χ1n) is 9.25. The van der Waals surface area contributed by atoms with Gasteiger partial charge in [-0.2, -0.15) is 0 Å². The van der Waals surface area contributed by atoms with E-state index in [4.69, 9.17) is 9.47 Å². The first kappa shape index (κ1) is 20.5. The number of nitrogens with one attached hydrogen (secondary N) is 2. The summed E-state index contributed by atoms with van der Waals surface area (Å²) in [5, 5.41) is 6.77. The van der Waals surface area contributed by atoms with Crippen molar-refractivity contribution in [2.24, 2.45) is 4.99 Å². The van der Waals surface area contributed by atoms with Crippen LogP contribution in [0, 0.1) is 0 Å². The first-order chi connectivity index (χ1) is 11.7. The molecule has 0 aliphatic carbocycles. The van der Waals surface area contributed by atoms with Gasteiger partial charge in [-0.1, -0.05) is 0 Å². The van der Waals surface area contributed by atoms with Crippen LogP contribution in [-0.4, -0.2) is 69.0 Å². The maximum atomic E-state index is 11.7. The van der Waals surface area contributed by atoms with Gasteiger partial charge in [-0.3, -0.25) is 4.99 Å². The molecule has 0 unspecified atom stereocenters. The fraction of sp³-hybridized carbons (Fsp3) is 0.882. The number of carbonyl (C=O) groups is 1. The lowest BCUT2D eigenvalue weighted by Gasteiger charge is -2.32. The Kier molecular flexibility index (Phi) is 11.0. The van der Waals surface area contributed by atoms with Gasteiger partial charge in [-0.15, -0.1) is 0 Å². The Hall–Kier alpha value is -1.50. The normalized spacial score (nSPS) is 16.1. The predicted octanol–water partition coefficient (Wildman–Crippen LogP) is 1.98. The standard InChI is InChI=1S/C17H34N4O3/c1-4-18-16(19-11-7-8-14-23-5-2)20-15-9-12-21(13-10-15)17(22)24-6-3/h15H,4-14H2,1-3H3,(H2,18,19,20). The smallest absolute Gasteiger partial charge is 0.409 e. The third-order valence-electron chi connectivity index (χ3n) is 3.88. The minimum atomic E-state index is -0.203. The third-order valence-corrected chi connectivity index (χ3v) is 3.88. The summed E-state index contributed by atoms with van der Waals surface area (Å²) >= 11 is 0. The number of carbonyl (C=O) groups excluding carboxylic acids is 1. The van der Waals surface area contributed by atoms with E-state index in [1.54, 1.807) is 4.90 Å². The van der Waals surface area contributed by atoms with Gasteiger partial charge >= 0.3 is 6.09 Å². The van der Waals surface area contributed by atoms with Gasteiger partial charge in [0.2, 0.25) is 0 Å². The minimum Gasteiger partial charge on any atom is -0.450 e. The molecule has 1 heterocycles. The van der Waals surface area contributed by atoms with Crippen molar-refractivity contribution in [3.05, 3.63) is 0 Å². The van der Waals surface area contributed by atoms with E-state index in [1.807, 2.05) is 13.8 Å². The number of hydrogen-bond donors (Lipinski definition) is 2. The van der Waals surface area contributed by atoms with E-state index >= 15 is 0 Å². The molecule has 1 saturated heterocycles. The van der Waals surface area contributed by atoms with Crippen molar-refractivity contribution in [2.75, 3.05) is 46.0 Å². The topological polar surface area (TPSA) is 75.2 Å². The van der Waals surface area contributed by atoms with Crippen LogP contribution < -0.4 is 10.6 Å². The maximum Gasteiger partial charge on any atom is 0.409 e. The number of guanidine groups is 1. The first-order valence-corrected chi connectivity index (χ1v) is 9.25. The Morgan fingerprint density at radius 3 is 2.54 bits per heavy atom. The van der Waals surface area contributed by atoms with E-state index in [0.29, 0.717) is 12.6 Å². The second-order valence-electron chi connectivity index (χ2n) is 5.77. The van der Waals surface area contributed by atoms with Gasteiger partial charge in [-0.05, 0) is 46.5 Å². The second kappa shape index (κ2) is 12.9. The molecular weight excluding hydrogens is 308 g/mol. The molecule has 0 spiro atoms. The van der Waals surface area contributed by atoms with Gasteiger partial charge in [0.15, 0.2) is 5.96 Å². The highest BCUT2D eigenvalue weighted by Gasteiger charge is 2.23. The minimum absolute atomic E-state index is 0.203. The lowest BCUT2D eigenvalue weighted by Crippen LogP contribution is -2.49. The van der Waals surface area contributed by atoms with Crippen molar-refractivity contribution in [3.63, 3.8) is 0 Å². The van der Waals surface area contributed by atoms with Gasteiger partial charge < -0.3 is 25.0 Å². The lowest BCUT2D eigenvalue weighted by molar-refractivity contribution is 0.0963. The van der Waals surface area contributed by atoms with Gasteiger partial charge in [0.1, 0.15) is 0 Å². The van der Waals surface area contributed by atoms with Crippen molar-refractivity contribution < 1.29 is 14.3 Å². The molecule has 24 heavy (non-hydrogen) atoms. The zero-order valence-electron chi connectivity index (χ0n) is 15.5. The SMILES string of the molecule is CCNC(=NCCCCOCC)NC1CCN(C(=O)OCC)CC1. The van der Waals surface area contributed by atoms with E-state index in [-0.39, 0.29) is 6.09 Å². The highest BCUT2D eigenvalue weighted by Crippen LogP contribution is 2.11. The molecule has 1 amide bonds. The number of unbranched alkanes of at least 4 members (excludes halogenated alkanes) is 1. The summed E-state index contributed by atoms with van der Waals surface area (Å²) in [6.45, 7) is 11.0. The molecule has 0 aromatic carbocycles. The van der Waals surface area contributed by atoms with Crippen LogP contribution in [0.1, 0.15) is 46.5 Å². The van der Waals surface area contributed by atoms with E-state index in [0.717, 1.165) is 71.0 Å². The molecular formula is C17H34N4O3. The van der Waals surface area contributed by atoms with Crippen molar-refractivity contribution >= 4 is 12.1 Å². The monoisotopic (exact) mass is 342 g/mol. The van der Waals surface area contributed by atoms with Crippen LogP contribution in [0.2, 0.25) is 0 Å². The van der Waals surface area contributed by atoms with Gasteiger partial charge in [-0.25, -0.2) is 4.79 Å². The number of amides is 1. The zero-order valence-corrected chi connectivity index (χ0v) is 15.5. The van der Waals surface area contributed by atoms with Crippen LogP contribution in [0.15, 0.2) is 4.99 Å². The number of piperidine rings is 1. The van der Waals surface area contributed by atoms with Crippen LogP contribution in [0.3, 0.4) is 0 Å². The zero-order chi connectivity index (χ0) is 17.6. The summed E-state index contributed by atoms with van der Waals surface area (Å²) in [4.78, 5) is 18.1. The Morgan fingerprint density at radius 2 is 1.92 bits per heavy atom. The summed E-state index contributed by atoms with van der Waals surface area (Å²) in [6, 6.07) is 0.344. The fourth-order valence-electron chi connectivity index (χ4n) is 2.59. The Bertz CT molecular complexity index is 369. The Labute approximate surface area is 146 Å². The van der Waals surface area contributed by atoms with E-state index in [9.17, 15) is 4.79 Å². The Balaban J connectivity index is 2.31. The fourth-order valence-corrected chi connectivity index (χ4v) is 2.59. The van der Waals surface area contributed by atoms with E-state index < -0.39 is 0 Å². The number of rotatable bonds is 9. The second-order valence-corrected chi connectivity index (χ2v) is 5.77. The molecule has 0 atom stereocenters. The van der Waals surface area contributed by atoms with Crippen LogP contribution in [-0.2, 0) is 9.47 Å². The third kappa shape index (κ3) is 8.38. The van der Waals surface area contributed by atoms with Gasteiger partial charge in [0.25, 0.3) is 0 Å². The Morgan fingerprint density at radius 1 is 1.17 bits per heavy atom. The van der Waals surface area contributed by atoms with Crippen LogP contribution >= 0.6 is 0 Å². The molecule has 0 saturated carbocycles. The molecule has 2 N–H and O–H groups in total. The summed E-state index contributed by atoms with van der Waals surface area (Å²) in [7, 11) is 0. The average Bonchev–Trinajstić information content (AvgIpc) is 2.59. The van der Waals surface area contributed by atoms with Crippen LogP contribution in [0.5, 0.6) is 0 Å². The number of likely N-dealkylation sites (tertiary alicyclic amines) is 1. The molecule has 0 aromatic rings. The van der Waals surface area contributed by atoms with E-state index in [2.05, 4.69) is 22.5 Å². The quantitative estimate of drug-likeness (QED) is 0.381. The largest absolute Gasteiger partial charge is 0.450 e. The molecule has 7 nitrogen and oxygen atoms in total. The van der Waals surface area contributed by atoms with Crippen LogP contribution in [0.25, 0.3) is 0 Å². The van der Waals surface area contributed by atoms with Gasteiger partial charge in [0.05, 0.1) is 6.61 Å². The average molecular weight is 342 g/mol. The molecule has 1 fully saturated rings. The van der Waals surface area contributed by atoms with Crippen molar-refractivity contribution in [3.8, 4) is 0 Å². The predicted molar refractivity (Wildman–Crippen MR) is 96.5 cm³/mol. The summed E-state index contributed by atoms with van der Waals surface area (Å²) in [6.07, 6.45) is 3.68. The highest BCUT2D eigenvalue weighted by atomic mass is 16.6. The van der Waals surface area contributed by atoms with Crippen molar-refractivity contribution in [1.29, 1.82) is 0 Å². The molecule has 1 aliphatic rings. The molecule has 0 radical (unpaired) electrons. The van der Waals surface area contributed by atoms with E-state index in [1.165, 1.54) is 0 Å². The number of aliphatic imine (C=N–C) groups is 1. The maximum absolute atomic E-state index is 11.7. The number of ether oxygens (including phenoxy) is 2. The molecule has 1 rings (SSSR count). The number of nitrogens with zero attached hydrogens (tertiary/aromatic N) is 2. The summed E-state index contributed by atoms with van der Waals surface area (Å²) < 4.78 is 10.4. The van der Waals surface area contributed by atoms with Crippen LogP contribution in [0.4, 0.5) is 4.79 Å². The lowest BCUT2D eigenvalue weighted by atomic mass is 10.1. The molecule has 140 valence electrons. The summed E-state index contributed by atoms with van der Waals surface area (Å²) in [5.41, 5.74) is 0. The molecule has 7 heteroatoms. The number of hydrogen-bond acceptors (Lipinski definition) is 4. The van der Waals surface area contributed by atoms with Crippen molar-refractivity contribution in [1.82, 2.24) is 15.5 Å².